The van der Waals surface area contributed by atoms with E-state index in [0.29, 0.717) is 17.6 Å². The summed E-state index contributed by atoms with van der Waals surface area (Å²) in [5.41, 5.74) is 1.77. The Kier molecular flexibility index (Phi) is 5.21. The van der Waals surface area contributed by atoms with Crippen molar-refractivity contribution in [1.29, 1.82) is 0 Å². The molecule has 2 aromatic rings. The van der Waals surface area contributed by atoms with Gasteiger partial charge in [-0.15, -0.1) is 11.3 Å². The smallest absolute Gasteiger partial charge is 0.322 e. The minimum absolute atomic E-state index is 0.203. The standard InChI is InChI=1S/C14H19N5OS/c1-4-10(2)12-9-21-13(17-12)18-14(20)19(3)8-11-7-15-5-6-16-11/h5-7,9-10H,4,8H2,1-3H3,(H,17,18,20). The molecule has 1 N–H and O–H groups in total. The van der Waals surface area contributed by atoms with Gasteiger partial charge < -0.3 is 4.90 Å². The SMILES string of the molecule is CCC(C)c1csc(NC(=O)N(C)Cc2cnccn2)n1. The van der Waals surface area contributed by atoms with Gasteiger partial charge in [-0.2, -0.15) is 0 Å². The Labute approximate surface area is 128 Å². The van der Waals surface area contributed by atoms with Crippen molar-refractivity contribution >= 4 is 22.5 Å². The van der Waals surface area contributed by atoms with Crippen LogP contribution in [0.3, 0.4) is 0 Å². The zero-order chi connectivity index (χ0) is 15.2. The topological polar surface area (TPSA) is 71.0 Å². The molecule has 1 atom stereocenters. The van der Waals surface area contributed by atoms with Gasteiger partial charge in [-0.3, -0.25) is 15.3 Å². The number of rotatable bonds is 5. The molecule has 0 aromatic carbocycles. The van der Waals surface area contributed by atoms with Crippen LogP contribution in [-0.2, 0) is 6.54 Å². The average Bonchev–Trinajstić information content (AvgIpc) is 2.96. The van der Waals surface area contributed by atoms with E-state index in [9.17, 15) is 4.79 Å². The van der Waals surface area contributed by atoms with Crippen LogP contribution < -0.4 is 5.32 Å². The highest BCUT2D eigenvalue weighted by atomic mass is 32.1. The maximum absolute atomic E-state index is 12.1. The molecule has 0 aliphatic heterocycles. The number of nitrogens with zero attached hydrogens (tertiary/aromatic N) is 4. The number of anilines is 1. The predicted octanol–water partition coefficient (Wildman–Crippen LogP) is 3.11. The summed E-state index contributed by atoms with van der Waals surface area (Å²) in [4.78, 5) is 26.2. The Hall–Kier alpha value is -2.02. The summed E-state index contributed by atoms with van der Waals surface area (Å²) in [6, 6.07) is -0.203. The van der Waals surface area contributed by atoms with Gasteiger partial charge in [0.15, 0.2) is 5.13 Å². The number of thiazole rings is 1. The molecule has 0 aliphatic carbocycles. The third-order valence-electron chi connectivity index (χ3n) is 3.22. The van der Waals surface area contributed by atoms with Gasteiger partial charge in [-0.05, 0) is 12.3 Å². The molecule has 0 spiro atoms. The molecule has 2 aromatic heterocycles. The van der Waals surface area contributed by atoms with E-state index in [1.165, 1.54) is 11.3 Å². The van der Waals surface area contributed by atoms with E-state index < -0.39 is 0 Å². The Bertz CT molecular complexity index is 586. The second kappa shape index (κ2) is 7.12. The summed E-state index contributed by atoms with van der Waals surface area (Å²) in [5.74, 6) is 0.407. The van der Waals surface area contributed by atoms with E-state index in [1.807, 2.05) is 5.38 Å². The van der Waals surface area contributed by atoms with Gasteiger partial charge in [0.2, 0.25) is 0 Å². The lowest BCUT2D eigenvalue weighted by Crippen LogP contribution is -2.31. The van der Waals surface area contributed by atoms with Crippen LogP contribution in [0.5, 0.6) is 0 Å². The van der Waals surface area contributed by atoms with Crippen molar-refractivity contribution in [3.8, 4) is 0 Å². The van der Waals surface area contributed by atoms with E-state index in [1.54, 1.807) is 30.5 Å². The van der Waals surface area contributed by atoms with Crippen LogP contribution >= 0.6 is 11.3 Å². The Morgan fingerprint density at radius 1 is 1.48 bits per heavy atom. The average molecular weight is 305 g/mol. The molecule has 21 heavy (non-hydrogen) atoms. The first-order valence-electron chi connectivity index (χ1n) is 6.82. The van der Waals surface area contributed by atoms with Gasteiger partial charge >= 0.3 is 6.03 Å². The first-order valence-corrected chi connectivity index (χ1v) is 7.70. The van der Waals surface area contributed by atoms with Gasteiger partial charge in [0.1, 0.15) is 0 Å². The Morgan fingerprint density at radius 2 is 2.29 bits per heavy atom. The fourth-order valence-corrected chi connectivity index (χ4v) is 2.51. The molecule has 1 unspecified atom stereocenters. The zero-order valence-corrected chi connectivity index (χ0v) is 13.2. The lowest BCUT2D eigenvalue weighted by Gasteiger charge is -2.16. The summed E-state index contributed by atoms with van der Waals surface area (Å²) in [5, 5.41) is 5.43. The molecule has 2 heterocycles. The van der Waals surface area contributed by atoms with Crippen molar-refractivity contribution in [3.05, 3.63) is 35.4 Å². The normalized spacial score (nSPS) is 12.0. The number of hydrogen-bond acceptors (Lipinski definition) is 5. The van der Waals surface area contributed by atoms with Crippen LogP contribution in [0.2, 0.25) is 0 Å². The second-order valence-electron chi connectivity index (χ2n) is 4.87. The summed E-state index contributed by atoms with van der Waals surface area (Å²) < 4.78 is 0. The number of nitrogens with one attached hydrogen (secondary N) is 1. The largest absolute Gasteiger partial charge is 0.323 e. The van der Waals surface area contributed by atoms with Crippen LogP contribution in [0.25, 0.3) is 0 Å². The predicted molar refractivity (Wildman–Crippen MR) is 83.3 cm³/mol. The van der Waals surface area contributed by atoms with Gasteiger partial charge in [0.25, 0.3) is 0 Å². The zero-order valence-electron chi connectivity index (χ0n) is 12.4. The highest BCUT2D eigenvalue weighted by Crippen LogP contribution is 2.24. The number of hydrogen-bond donors (Lipinski definition) is 1. The molecule has 0 saturated carbocycles. The third-order valence-corrected chi connectivity index (χ3v) is 3.99. The third kappa shape index (κ3) is 4.22. The molecule has 0 bridgehead atoms. The summed E-state index contributed by atoms with van der Waals surface area (Å²) in [7, 11) is 1.72. The van der Waals surface area contributed by atoms with Crippen LogP contribution in [0.15, 0.2) is 24.0 Å². The summed E-state index contributed by atoms with van der Waals surface area (Å²) in [6.07, 6.45) is 5.90. The molecule has 7 heteroatoms. The minimum atomic E-state index is -0.203. The summed E-state index contributed by atoms with van der Waals surface area (Å²) >= 11 is 1.45. The maximum Gasteiger partial charge on any atom is 0.323 e. The quantitative estimate of drug-likeness (QED) is 0.921. The number of urea groups is 1. The number of amides is 2. The number of aromatic nitrogens is 3. The van der Waals surface area contributed by atoms with E-state index in [0.717, 1.165) is 17.8 Å². The highest BCUT2D eigenvalue weighted by Gasteiger charge is 2.13. The van der Waals surface area contributed by atoms with Crippen molar-refractivity contribution in [2.45, 2.75) is 32.7 Å². The van der Waals surface area contributed by atoms with Gasteiger partial charge in [0, 0.05) is 24.8 Å². The van der Waals surface area contributed by atoms with E-state index in [-0.39, 0.29) is 6.03 Å². The van der Waals surface area contributed by atoms with Gasteiger partial charge in [0.05, 0.1) is 24.1 Å². The van der Waals surface area contributed by atoms with Gasteiger partial charge in [-0.25, -0.2) is 9.78 Å². The van der Waals surface area contributed by atoms with Crippen LogP contribution in [-0.4, -0.2) is 32.9 Å². The lowest BCUT2D eigenvalue weighted by atomic mass is 10.1. The Balaban J connectivity index is 1.93. The first-order chi connectivity index (χ1) is 10.1. The molecule has 0 fully saturated rings. The van der Waals surface area contributed by atoms with Crippen LogP contribution in [0.1, 0.15) is 37.6 Å². The molecule has 2 rings (SSSR count). The minimum Gasteiger partial charge on any atom is -0.322 e. The Morgan fingerprint density at radius 3 is 2.95 bits per heavy atom. The van der Waals surface area contributed by atoms with Crippen molar-refractivity contribution in [2.24, 2.45) is 0 Å². The van der Waals surface area contributed by atoms with E-state index >= 15 is 0 Å². The molecule has 2 amide bonds. The van der Waals surface area contributed by atoms with E-state index in [2.05, 4.69) is 34.1 Å². The molecule has 6 nitrogen and oxygen atoms in total. The van der Waals surface area contributed by atoms with E-state index in [4.69, 9.17) is 0 Å². The highest BCUT2D eigenvalue weighted by molar-refractivity contribution is 7.13. The van der Waals surface area contributed by atoms with Crippen molar-refractivity contribution < 1.29 is 4.79 Å². The fourth-order valence-electron chi connectivity index (χ4n) is 1.69. The molecule has 112 valence electrons. The monoisotopic (exact) mass is 305 g/mol. The van der Waals surface area contributed by atoms with Crippen molar-refractivity contribution in [1.82, 2.24) is 19.9 Å². The molecular formula is C14H19N5OS. The van der Waals surface area contributed by atoms with Crippen LogP contribution in [0.4, 0.5) is 9.93 Å². The van der Waals surface area contributed by atoms with Crippen molar-refractivity contribution in [3.63, 3.8) is 0 Å². The van der Waals surface area contributed by atoms with Crippen LogP contribution in [0, 0.1) is 0 Å². The first kappa shape index (κ1) is 15.4. The number of carbonyl (C=O) groups is 1. The molecular weight excluding hydrogens is 286 g/mol. The summed E-state index contributed by atoms with van der Waals surface area (Å²) in [6.45, 7) is 4.65. The molecule has 0 radical (unpaired) electrons. The molecule has 0 aliphatic rings. The van der Waals surface area contributed by atoms with Crippen molar-refractivity contribution in [2.75, 3.05) is 12.4 Å². The second-order valence-corrected chi connectivity index (χ2v) is 5.73. The maximum atomic E-state index is 12.1. The van der Waals surface area contributed by atoms with Gasteiger partial charge in [-0.1, -0.05) is 13.8 Å². The fraction of sp³-hybridized carbons (Fsp3) is 0.429. The lowest BCUT2D eigenvalue weighted by molar-refractivity contribution is 0.220. The molecule has 0 saturated heterocycles. The number of carbonyl (C=O) groups excluding carboxylic acids is 1.